The molecule has 1 aliphatic rings. The van der Waals surface area contributed by atoms with Crippen LogP contribution in [0.2, 0.25) is 0 Å². The van der Waals surface area contributed by atoms with E-state index in [1.165, 1.54) is 83.1 Å². The van der Waals surface area contributed by atoms with E-state index in [1.807, 2.05) is 0 Å². The van der Waals surface area contributed by atoms with Gasteiger partial charge in [0, 0.05) is 33.5 Å². The smallest absolute Gasteiger partial charge is 0.0713 e. The van der Waals surface area contributed by atoms with Gasteiger partial charge in [-0.2, -0.15) is 0 Å². The SMILES string of the molecule is c1ccc(-c2ccc(N(c3ccc(-c4ccccc4)cc3)c3ccc4c(c3)c3cc(-c5ccc(C6(c7ccccc7)c7ccccc7-c7ccccc76)cc5)ccc3n4-c3ccccc3)cc2)cc1. The molecule has 1 aromatic heterocycles. The molecule has 0 radical (unpaired) electrons. The lowest BCUT2D eigenvalue weighted by molar-refractivity contribution is 0.768. The third-order valence-electron chi connectivity index (χ3n) is 14.3. The Labute approximate surface area is 403 Å². The lowest BCUT2D eigenvalue weighted by Gasteiger charge is -2.34. The van der Waals surface area contributed by atoms with Crippen LogP contribution < -0.4 is 4.90 Å². The molecule has 12 aromatic rings. The Kier molecular flexibility index (Phi) is 9.77. The van der Waals surface area contributed by atoms with E-state index in [1.54, 1.807) is 0 Å². The predicted octanol–water partition coefficient (Wildman–Crippen LogP) is 17.6. The second-order valence-corrected chi connectivity index (χ2v) is 18.1. The zero-order valence-electron chi connectivity index (χ0n) is 38.0. The number of aromatic nitrogens is 1. The molecule has 324 valence electrons. The van der Waals surface area contributed by atoms with Gasteiger partial charge in [-0.1, -0.05) is 212 Å². The van der Waals surface area contributed by atoms with Gasteiger partial charge in [-0.15, -0.1) is 0 Å². The fraction of sp³-hybridized carbons (Fsp3) is 0.0149. The number of hydrogen-bond acceptors (Lipinski definition) is 1. The average Bonchev–Trinajstić information content (AvgIpc) is 3.92. The summed E-state index contributed by atoms with van der Waals surface area (Å²) in [7, 11) is 0. The van der Waals surface area contributed by atoms with Crippen LogP contribution in [0.1, 0.15) is 22.3 Å². The van der Waals surface area contributed by atoms with E-state index >= 15 is 0 Å². The van der Waals surface area contributed by atoms with Crippen molar-refractivity contribution in [2.75, 3.05) is 4.90 Å². The van der Waals surface area contributed by atoms with Crippen molar-refractivity contribution in [1.29, 1.82) is 0 Å². The summed E-state index contributed by atoms with van der Waals surface area (Å²) >= 11 is 0. The van der Waals surface area contributed by atoms with Crippen LogP contribution in [-0.2, 0) is 5.41 Å². The van der Waals surface area contributed by atoms with Crippen molar-refractivity contribution in [3.63, 3.8) is 0 Å². The lowest BCUT2D eigenvalue weighted by Crippen LogP contribution is -2.28. The van der Waals surface area contributed by atoms with Gasteiger partial charge in [0.2, 0.25) is 0 Å². The molecule has 11 aromatic carbocycles. The highest BCUT2D eigenvalue weighted by Crippen LogP contribution is 2.56. The van der Waals surface area contributed by atoms with Crippen LogP contribution in [-0.4, -0.2) is 4.57 Å². The first-order chi connectivity index (χ1) is 34.2. The summed E-state index contributed by atoms with van der Waals surface area (Å²) in [6, 6.07) is 102. The quantitative estimate of drug-likeness (QED) is 0.140. The fourth-order valence-corrected chi connectivity index (χ4v) is 11.1. The van der Waals surface area contributed by atoms with Crippen LogP contribution in [0.3, 0.4) is 0 Å². The molecular weight excluding hydrogens is 833 g/mol. The molecule has 2 nitrogen and oxygen atoms in total. The number of anilines is 3. The summed E-state index contributed by atoms with van der Waals surface area (Å²) in [6.45, 7) is 0. The zero-order chi connectivity index (χ0) is 45.7. The zero-order valence-corrected chi connectivity index (χ0v) is 38.0. The Bertz CT molecular complexity index is 3650. The Morgan fingerprint density at radius 3 is 1.20 bits per heavy atom. The first-order valence-electron chi connectivity index (χ1n) is 23.8. The van der Waals surface area contributed by atoms with Gasteiger partial charge >= 0.3 is 0 Å². The molecule has 0 unspecified atom stereocenters. The van der Waals surface area contributed by atoms with E-state index in [9.17, 15) is 0 Å². The molecule has 13 rings (SSSR count). The van der Waals surface area contributed by atoms with Crippen molar-refractivity contribution < 1.29 is 0 Å². The third-order valence-corrected chi connectivity index (χ3v) is 14.3. The molecule has 0 fully saturated rings. The van der Waals surface area contributed by atoms with E-state index in [0.717, 1.165) is 28.3 Å². The van der Waals surface area contributed by atoms with Crippen LogP contribution in [0.4, 0.5) is 17.1 Å². The molecule has 1 aliphatic carbocycles. The van der Waals surface area contributed by atoms with Crippen LogP contribution in [0.15, 0.2) is 279 Å². The third kappa shape index (κ3) is 6.72. The minimum Gasteiger partial charge on any atom is -0.310 e. The molecule has 0 bridgehead atoms. The summed E-state index contributed by atoms with van der Waals surface area (Å²) in [5.74, 6) is 0. The normalized spacial score (nSPS) is 12.5. The number of fused-ring (bicyclic) bond motifs is 6. The molecule has 0 aliphatic heterocycles. The van der Waals surface area contributed by atoms with Gasteiger partial charge in [-0.05, 0) is 133 Å². The minimum atomic E-state index is -0.438. The van der Waals surface area contributed by atoms with Gasteiger partial charge in [-0.25, -0.2) is 0 Å². The Morgan fingerprint density at radius 2 is 0.652 bits per heavy atom. The lowest BCUT2D eigenvalue weighted by atomic mass is 9.67. The van der Waals surface area contributed by atoms with Gasteiger partial charge in [0.05, 0.1) is 16.4 Å². The second-order valence-electron chi connectivity index (χ2n) is 18.1. The largest absolute Gasteiger partial charge is 0.310 e. The average molecular weight is 879 g/mol. The second kappa shape index (κ2) is 16.7. The van der Waals surface area contributed by atoms with Gasteiger partial charge in [-0.3, -0.25) is 0 Å². The van der Waals surface area contributed by atoms with Crippen molar-refractivity contribution in [3.8, 4) is 50.2 Å². The number of para-hydroxylation sites is 1. The highest BCUT2D eigenvalue weighted by Gasteiger charge is 2.45. The van der Waals surface area contributed by atoms with E-state index in [2.05, 4.69) is 289 Å². The maximum atomic E-state index is 2.41. The van der Waals surface area contributed by atoms with Gasteiger partial charge < -0.3 is 9.47 Å². The van der Waals surface area contributed by atoms with E-state index in [4.69, 9.17) is 0 Å². The number of nitrogens with zero attached hydrogens (tertiary/aromatic N) is 2. The van der Waals surface area contributed by atoms with Crippen molar-refractivity contribution in [2.45, 2.75) is 5.41 Å². The minimum absolute atomic E-state index is 0.438. The van der Waals surface area contributed by atoms with Crippen LogP contribution in [0.25, 0.3) is 72.0 Å². The monoisotopic (exact) mass is 878 g/mol. The van der Waals surface area contributed by atoms with Crippen LogP contribution >= 0.6 is 0 Å². The van der Waals surface area contributed by atoms with Crippen molar-refractivity contribution >= 4 is 38.9 Å². The highest BCUT2D eigenvalue weighted by molar-refractivity contribution is 6.12. The number of rotatable bonds is 9. The fourth-order valence-electron chi connectivity index (χ4n) is 11.1. The summed E-state index contributed by atoms with van der Waals surface area (Å²) < 4.78 is 2.41. The molecule has 0 spiro atoms. The molecule has 1 heterocycles. The van der Waals surface area contributed by atoms with Gasteiger partial charge in [0.1, 0.15) is 0 Å². The molecule has 0 amide bonds. The topological polar surface area (TPSA) is 8.17 Å². The molecule has 0 saturated heterocycles. The van der Waals surface area contributed by atoms with Crippen molar-refractivity contribution in [2.24, 2.45) is 0 Å². The Balaban J connectivity index is 0.959. The molecular formula is C67H46N2. The number of hydrogen-bond donors (Lipinski definition) is 0. The molecule has 0 N–H and O–H groups in total. The molecule has 0 saturated carbocycles. The summed E-state index contributed by atoms with van der Waals surface area (Å²) in [6.07, 6.45) is 0. The first kappa shape index (κ1) is 40.3. The van der Waals surface area contributed by atoms with Gasteiger partial charge in [0.15, 0.2) is 0 Å². The predicted molar refractivity (Wildman–Crippen MR) is 289 cm³/mol. The number of benzene rings is 11. The summed E-state index contributed by atoms with van der Waals surface area (Å²) in [5, 5.41) is 2.40. The Morgan fingerprint density at radius 1 is 0.275 bits per heavy atom. The van der Waals surface area contributed by atoms with Gasteiger partial charge in [0.25, 0.3) is 0 Å². The maximum Gasteiger partial charge on any atom is 0.0713 e. The van der Waals surface area contributed by atoms with E-state index in [-0.39, 0.29) is 0 Å². The summed E-state index contributed by atoms with van der Waals surface area (Å²) in [4.78, 5) is 2.39. The van der Waals surface area contributed by atoms with Crippen LogP contribution in [0, 0.1) is 0 Å². The highest BCUT2D eigenvalue weighted by atomic mass is 15.1. The molecule has 2 heteroatoms. The molecule has 69 heavy (non-hydrogen) atoms. The summed E-state index contributed by atoms with van der Waals surface area (Å²) in [5.41, 5.74) is 21.2. The maximum absolute atomic E-state index is 2.41. The first-order valence-corrected chi connectivity index (χ1v) is 23.8. The molecule has 0 atom stereocenters. The van der Waals surface area contributed by atoms with Crippen LogP contribution in [0.5, 0.6) is 0 Å². The van der Waals surface area contributed by atoms with E-state index < -0.39 is 5.41 Å². The van der Waals surface area contributed by atoms with Crippen molar-refractivity contribution in [1.82, 2.24) is 4.57 Å². The van der Waals surface area contributed by atoms with Crippen molar-refractivity contribution in [3.05, 3.63) is 301 Å². The van der Waals surface area contributed by atoms with E-state index in [0.29, 0.717) is 0 Å². The standard InChI is InChI=1S/C67H46N2/c1-5-17-47(18-6-1)49-31-38-56(39-32-49)68(57-40-33-50(34-41-57)48-19-7-2-8-20-48)58-42-44-66-62(46-58)61-45-52(35-43-65(61)69(66)55-23-11-4-12-24-55)51-29-36-54(37-30-51)67(53-21-9-3-10-22-53)63-27-15-13-25-59(63)60-26-14-16-28-64(60)67/h1-46H. The Hall–Kier alpha value is -8.98.